The number of benzene rings is 2. The van der Waals surface area contributed by atoms with Gasteiger partial charge in [-0.05, 0) is 60.3 Å². The number of nitrogens with one attached hydrogen (secondary N) is 1. The maximum Gasteiger partial charge on any atom is 0.293 e. The van der Waals surface area contributed by atoms with Crippen LogP contribution in [0, 0.1) is 5.82 Å². The summed E-state index contributed by atoms with van der Waals surface area (Å²) < 4.78 is 15.7. The van der Waals surface area contributed by atoms with E-state index >= 15 is 0 Å². The molecule has 2 aromatic carbocycles. The van der Waals surface area contributed by atoms with Crippen molar-refractivity contribution in [3.63, 3.8) is 0 Å². The van der Waals surface area contributed by atoms with Gasteiger partial charge in [0, 0.05) is 42.3 Å². The predicted octanol–water partition coefficient (Wildman–Crippen LogP) is 4.08. The highest BCUT2D eigenvalue weighted by atomic mass is 32.2. The van der Waals surface area contributed by atoms with E-state index in [-0.39, 0.29) is 29.5 Å². The van der Waals surface area contributed by atoms with Crippen molar-refractivity contribution in [2.75, 3.05) is 13.1 Å². The molecule has 0 bridgehead atoms. The normalized spacial score (nSPS) is 15.0. The zero-order valence-electron chi connectivity index (χ0n) is 16.3. The first-order valence-corrected chi connectivity index (χ1v) is 10.4. The van der Waals surface area contributed by atoms with Crippen molar-refractivity contribution < 1.29 is 18.8 Å². The van der Waals surface area contributed by atoms with Gasteiger partial charge in [0.15, 0.2) is 0 Å². The van der Waals surface area contributed by atoms with Gasteiger partial charge in [-0.15, -0.1) is 0 Å². The molecule has 1 aromatic heterocycles. The second-order valence-electron chi connectivity index (χ2n) is 6.75. The lowest BCUT2D eigenvalue weighted by molar-refractivity contribution is -0.122. The van der Waals surface area contributed by atoms with E-state index in [2.05, 4.69) is 5.32 Å². The molecule has 1 aliphatic rings. The largest absolute Gasteiger partial charge is 0.350 e. The lowest BCUT2D eigenvalue weighted by Gasteiger charge is -2.13. The number of hydrogen-bond acceptors (Lipinski definition) is 4. The van der Waals surface area contributed by atoms with Crippen molar-refractivity contribution in [2.24, 2.45) is 0 Å². The first-order valence-electron chi connectivity index (χ1n) is 9.54. The summed E-state index contributed by atoms with van der Waals surface area (Å²) in [6.07, 6.45) is 5.18. The van der Waals surface area contributed by atoms with Gasteiger partial charge in [0.1, 0.15) is 5.82 Å². The van der Waals surface area contributed by atoms with Gasteiger partial charge in [-0.2, -0.15) is 0 Å². The minimum atomic E-state index is -0.497. The number of carbonyl (C=O) groups excluding carboxylic acids is 3. The average Bonchev–Trinajstić information content (AvgIpc) is 3.40. The topological polar surface area (TPSA) is 71.4 Å². The Hall–Kier alpha value is -3.65. The van der Waals surface area contributed by atoms with Crippen LogP contribution in [0.1, 0.15) is 15.9 Å². The summed E-state index contributed by atoms with van der Waals surface area (Å²) in [6, 6.07) is 16.9. The van der Waals surface area contributed by atoms with Crippen LogP contribution in [0.15, 0.2) is 78.0 Å². The Morgan fingerprint density at radius 1 is 1.00 bits per heavy atom. The minimum Gasteiger partial charge on any atom is -0.350 e. The minimum absolute atomic E-state index is 0.0342. The molecule has 0 radical (unpaired) electrons. The maximum atomic E-state index is 13.8. The van der Waals surface area contributed by atoms with E-state index in [1.165, 1.54) is 18.2 Å². The summed E-state index contributed by atoms with van der Waals surface area (Å²) in [4.78, 5) is 38.3. The first-order chi connectivity index (χ1) is 15.0. The molecule has 1 aliphatic heterocycles. The van der Waals surface area contributed by atoms with Crippen LogP contribution in [-0.2, 0) is 4.79 Å². The van der Waals surface area contributed by atoms with E-state index in [1.54, 1.807) is 24.3 Å². The monoisotopic (exact) mass is 435 g/mol. The third-order valence-electron chi connectivity index (χ3n) is 4.72. The summed E-state index contributed by atoms with van der Waals surface area (Å²) in [5.74, 6) is -1.26. The summed E-state index contributed by atoms with van der Waals surface area (Å²) in [7, 11) is 0. The van der Waals surface area contributed by atoms with E-state index in [0.29, 0.717) is 5.56 Å². The van der Waals surface area contributed by atoms with Gasteiger partial charge in [-0.25, -0.2) is 4.39 Å². The molecule has 3 amide bonds. The fourth-order valence-corrected chi connectivity index (χ4v) is 3.96. The molecule has 6 nitrogen and oxygen atoms in total. The number of thioether (sulfide) groups is 1. The Labute approximate surface area is 182 Å². The molecular formula is C23H18FN3O3S. The smallest absolute Gasteiger partial charge is 0.293 e. The number of rotatable bonds is 6. The molecule has 156 valence electrons. The van der Waals surface area contributed by atoms with E-state index < -0.39 is 17.0 Å². The number of aromatic nitrogens is 1. The third kappa shape index (κ3) is 4.59. The van der Waals surface area contributed by atoms with Gasteiger partial charge in [0.25, 0.3) is 17.1 Å². The zero-order chi connectivity index (χ0) is 21.8. The zero-order valence-corrected chi connectivity index (χ0v) is 17.1. The molecule has 0 aliphatic carbocycles. The SMILES string of the molecule is O=C(NCCN1C(=O)S/C(=C\c2ccccc2F)C1=O)c1ccc(-n2cccc2)cc1. The van der Waals surface area contributed by atoms with Crippen molar-refractivity contribution in [1.29, 1.82) is 0 Å². The molecule has 2 heterocycles. The van der Waals surface area contributed by atoms with Crippen LogP contribution in [0.3, 0.4) is 0 Å². The summed E-state index contributed by atoms with van der Waals surface area (Å²) in [5, 5.41) is 2.27. The first kappa shape index (κ1) is 20.6. The number of nitrogens with zero attached hydrogens (tertiary/aromatic N) is 2. The van der Waals surface area contributed by atoms with Crippen LogP contribution in [0.5, 0.6) is 0 Å². The molecule has 4 rings (SSSR count). The third-order valence-corrected chi connectivity index (χ3v) is 5.63. The van der Waals surface area contributed by atoms with Gasteiger partial charge < -0.3 is 9.88 Å². The second-order valence-corrected chi connectivity index (χ2v) is 7.74. The summed E-state index contributed by atoms with van der Waals surface area (Å²) in [5.41, 5.74) is 1.65. The molecule has 1 saturated heterocycles. The number of carbonyl (C=O) groups is 3. The Balaban J connectivity index is 1.34. The summed E-state index contributed by atoms with van der Waals surface area (Å²) in [6.45, 7) is 0.148. The highest BCUT2D eigenvalue weighted by Gasteiger charge is 2.34. The van der Waals surface area contributed by atoms with Gasteiger partial charge in [-0.3, -0.25) is 19.3 Å². The maximum absolute atomic E-state index is 13.8. The van der Waals surface area contributed by atoms with E-state index in [4.69, 9.17) is 0 Å². The van der Waals surface area contributed by atoms with Crippen molar-refractivity contribution in [3.8, 4) is 5.69 Å². The Morgan fingerprint density at radius 3 is 2.42 bits per heavy atom. The molecule has 0 atom stereocenters. The Morgan fingerprint density at radius 2 is 1.71 bits per heavy atom. The lowest BCUT2D eigenvalue weighted by Crippen LogP contribution is -2.37. The molecule has 1 N–H and O–H groups in total. The molecule has 1 fully saturated rings. The molecule has 0 unspecified atom stereocenters. The lowest BCUT2D eigenvalue weighted by atomic mass is 10.2. The number of imide groups is 1. The van der Waals surface area contributed by atoms with Gasteiger partial charge in [0.2, 0.25) is 0 Å². The van der Waals surface area contributed by atoms with Crippen LogP contribution in [0.2, 0.25) is 0 Å². The Kier molecular flexibility index (Phi) is 5.99. The molecule has 31 heavy (non-hydrogen) atoms. The number of hydrogen-bond donors (Lipinski definition) is 1. The van der Waals surface area contributed by atoms with E-state index in [9.17, 15) is 18.8 Å². The van der Waals surface area contributed by atoms with E-state index in [0.717, 1.165) is 22.3 Å². The Bertz CT molecular complexity index is 1160. The highest BCUT2D eigenvalue weighted by molar-refractivity contribution is 8.18. The molecular weight excluding hydrogens is 417 g/mol. The molecule has 0 spiro atoms. The van der Waals surface area contributed by atoms with Gasteiger partial charge in [-0.1, -0.05) is 18.2 Å². The standard InChI is InChI=1S/C23H18FN3O3S/c24-19-6-2-1-5-17(19)15-20-22(29)27(23(30)31-20)14-11-25-21(28)16-7-9-18(10-8-16)26-12-3-4-13-26/h1-10,12-13,15H,11,14H2,(H,25,28)/b20-15-. The van der Waals surface area contributed by atoms with Crippen LogP contribution in [0.25, 0.3) is 11.8 Å². The quantitative estimate of drug-likeness (QED) is 0.592. The van der Waals surface area contributed by atoms with Crippen LogP contribution >= 0.6 is 11.8 Å². The number of halogens is 1. The van der Waals surface area contributed by atoms with Crippen molar-refractivity contribution in [2.45, 2.75) is 0 Å². The highest BCUT2D eigenvalue weighted by Crippen LogP contribution is 2.32. The van der Waals surface area contributed by atoms with Gasteiger partial charge in [0.05, 0.1) is 4.91 Å². The average molecular weight is 435 g/mol. The second kappa shape index (κ2) is 9.01. The predicted molar refractivity (Wildman–Crippen MR) is 117 cm³/mol. The van der Waals surface area contributed by atoms with Crippen LogP contribution in [-0.4, -0.2) is 39.6 Å². The molecule has 8 heteroatoms. The summed E-state index contributed by atoms with van der Waals surface area (Å²) >= 11 is 0.758. The van der Waals surface area contributed by atoms with Crippen LogP contribution < -0.4 is 5.32 Å². The van der Waals surface area contributed by atoms with Crippen molar-refractivity contribution in [1.82, 2.24) is 14.8 Å². The molecule has 0 saturated carbocycles. The molecule has 3 aromatic rings. The van der Waals surface area contributed by atoms with Crippen molar-refractivity contribution in [3.05, 3.63) is 94.9 Å². The van der Waals surface area contributed by atoms with Crippen LogP contribution in [0.4, 0.5) is 9.18 Å². The van der Waals surface area contributed by atoms with Gasteiger partial charge >= 0.3 is 0 Å². The number of amides is 3. The van der Waals surface area contributed by atoms with Crippen molar-refractivity contribution >= 4 is 34.9 Å². The van der Waals surface area contributed by atoms with E-state index in [1.807, 2.05) is 41.2 Å². The fraction of sp³-hybridized carbons (Fsp3) is 0.0870. The fourth-order valence-electron chi connectivity index (χ4n) is 3.10.